The summed E-state index contributed by atoms with van der Waals surface area (Å²) in [6.45, 7) is 4.97. The number of nitrogens with zero attached hydrogens (tertiary/aromatic N) is 4. The van der Waals surface area contributed by atoms with E-state index in [1.165, 1.54) is 19.1 Å². The average Bonchev–Trinajstić information content (AvgIpc) is 2.97. The number of hydrogen-bond donors (Lipinski definition) is 2. The van der Waals surface area contributed by atoms with Gasteiger partial charge in [-0.15, -0.1) is 0 Å². The van der Waals surface area contributed by atoms with Crippen molar-refractivity contribution in [1.82, 2.24) is 19.6 Å². The van der Waals surface area contributed by atoms with E-state index in [-0.39, 0.29) is 42.0 Å². The molecule has 2 N–H and O–H groups in total. The van der Waals surface area contributed by atoms with Crippen LogP contribution >= 0.6 is 23.2 Å². The molecule has 0 spiro atoms. The van der Waals surface area contributed by atoms with Crippen LogP contribution in [0.3, 0.4) is 0 Å². The standard InChI is InChI=1S/C30H34Cl2F3N5O4/c1-19(41)37-11-13-38(14-12-37)27(42)25-6-5-22(16-26(25)32)36-23-17-40(18-23)24-7-9-39(10-8-24)28(43)29(44,30(33,34)35)20-3-2-4-21(31)15-20/h2-6,15-16,23-24,36,44H,7-14,17-18H2,1H3. The molecule has 238 valence electrons. The fourth-order valence-electron chi connectivity index (χ4n) is 6.10. The summed E-state index contributed by atoms with van der Waals surface area (Å²) in [5.41, 5.74) is -3.11. The minimum atomic E-state index is -5.22. The van der Waals surface area contributed by atoms with Gasteiger partial charge in [-0.2, -0.15) is 13.2 Å². The van der Waals surface area contributed by atoms with Crippen LogP contribution in [0.25, 0.3) is 0 Å². The van der Waals surface area contributed by atoms with Gasteiger partial charge in [0.05, 0.1) is 16.6 Å². The van der Waals surface area contributed by atoms with Gasteiger partial charge < -0.3 is 25.1 Å². The molecule has 0 radical (unpaired) electrons. The van der Waals surface area contributed by atoms with Crippen LogP contribution in [0.2, 0.25) is 10.0 Å². The first kappa shape index (κ1) is 32.3. The monoisotopic (exact) mass is 655 g/mol. The van der Waals surface area contributed by atoms with Gasteiger partial charge in [0.2, 0.25) is 5.91 Å². The Morgan fingerprint density at radius 1 is 0.886 bits per heavy atom. The van der Waals surface area contributed by atoms with Crippen molar-refractivity contribution < 1.29 is 32.7 Å². The highest BCUT2D eigenvalue weighted by Crippen LogP contribution is 2.42. The number of carbonyl (C=O) groups excluding carboxylic acids is 3. The minimum absolute atomic E-state index is 0.00922. The summed E-state index contributed by atoms with van der Waals surface area (Å²) in [4.78, 5) is 44.3. The highest BCUT2D eigenvalue weighted by atomic mass is 35.5. The topological polar surface area (TPSA) is 96.4 Å². The number of alkyl halides is 3. The second-order valence-corrected chi connectivity index (χ2v) is 12.4. The number of rotatable bonds is 6. The predicted octanol–water partition coefficient (Wildman–Crippen LogP) is 3.83. The van der Waals surface area contributed by atoms with Gasteiger partial charge in [-0.25, -0.2) is 0 Å². The Morgan fingerprint density at radius 3 is 2.09 bits per heavy atom. The Balaban J connectivity index is 1.11. The predicted molar refractivity (Wildman–Crippen MR) is 160 cm³/mol. The molecular formula is C30H34Cl2F3N5O4. The molecule has 0 aromatic heterocycles. The van der Waals surface area contributed by atoms with Crippen molar-refractivity contribution >= 4 is 46.6 Å². The van der Waals surface area contributed by atoms with Gasteiger partial charge in [0.1, 0.15) is 0 Å². The molecule has 9 nitrogen and oxygen atoms in total. The van der Waals surface area contributed by atoms with Crippen LogP contribution < -0.4 is 5.32 Å². The second-order valence-electron chi connectivity index (χ2n) is 11.5. The van der Waals surface area contributed by atoms with Crippen molar-refractivity contribution in [2.24, 2.45) is 0 Å². The molecule has 5 rings (SSSR count). The molecule has 3 fully saturated rings. The first-order valence-corrected chi connectivity index (χ1v) is 15.2. The molecule has 3 aliphatic rings. The lowest BCUT2D eigenvalue weighted by Crippen LogP contribution is -2.62. The van der Waals surface area contributed by atoms with Crippen molar-refractivity contribution in [2.75, 3.05) is 57.7 Å². The molecule has 3 saturated heterocycles. The zero-order valence-corrected chi connectivity index (χ0v) is 25.6. The number of piperidine rings is 1. The third-order valence-corrected chi connectivity index (χ3v) is 9.27. The normalized spacial score (nSPS) is 20.2. The molecule has 0 bridgehead atoms. The molecule has 2 aromatic carbocycles. The maximum atomic E-state index is 14.0. The van der Waals surface area contributed by atoms with Crippen molar-refractivity contribution in [3.8, 4) is 0 Å². The summed E-state index contributed by atoms with van der Waals surface area (Å²) in [5, 5.41) is 14.4. The lowest BCUT2D eigenvalue weighted by atomic mass is 9.89. The minimum Gasteiger partial charge on any atom is -0.380 e. The van der Waals surface area contributed by atoms with E-state index in [0.29, 0.717) is 62.7 Å². The number of amides is 3. The molecule has 3 heterocycles. The van der Waals surface area contributed by atoms with Crippen LogP contribution in [0.5, 0.6) is 0 Å². The Bertz CT molecular complexity index is 1410. The van der Waals surface area contributed by atoms with Crippen molar-refractivity contribution in [3.05, 3.63) is 63.6 Å². The molecule has 14 heteroatoms. The summed E-state index contributed by atoms with van der Waals surface area (Å²) in [6, 6.07) is 10.1. The number of carbonyl (C=O) groups is 3. The van der Waals surface area contributed by atoms with E-state index in [1.54, 1.807) is 28.0 Å². The van der Waals surface area contributed by atoms with Crippen molar-refractivity contribution in [3.63, 3.8) is 0 Å². The van der Waals surface area contributed by atoms with Gasteiger partial charge in [-0.1, -0.05) is 35.3 Å². The summed E-state index contributed by atoms with van der Waals surface area (Å²) >= 11 is 12.3. The van der Waals surface area contributed by atoms with Crippen molar-refractivity contribution in [1.29, 1.82) is 0 Å². The maximum absolute atomic E-state index is 14.0. The summed E-state index contributed by atoms with van der Waals surface area (Å²) in [5.74, 6) is -1.58. The molecule has 44 heavy (non-hydrogen) atoms. The lowest BCUT2D eigenvalue weighted by molar-refractivity contribution is -0.262. The fourth-order valence-corrected chi connectivity index (χ4v) is 6.55. The first-order valence-electron chi connectivity index (χ1n) is 14.5. The molecule has 1 unspecified atom stereocenters. The van der Waals surface area contributed by atoms with E-state index in [9.17, 15) is 32.7 Å². The quantitative estimate of drug-likeness (QED) is 0.491. The largest absolute Gasteiger partial charge is 0.430 e. The van der Waals surface area contributed by atoms with Gasteiger partial charge >= 0.3 is 6.18 Å². The van der Waals surface area contributed by atoms with Crippen molar-refractivity contribution in [2.45, 2.75) is 43.6 Å². The number of likely N-dealkylation sites (tertiary alicyclic amines) is 2. The SMILES string of the molecule is CC(=O)N1CCN(C(=O)c2ccc(NC3CN(C4CCN(C(=O)C(O)(c5cccc(Cl)c5)C(F)(F)F)CC4)C3)cc2Cl)CC1. The Morgan fingerprint density at radius 2 is 1.52 bits per heavy atom. The van der Waals surface area contributed by atoms with E-state index >= 15 is 0 Å². The van der Waals surface area contributed by atoms with Crippen LogP contribution in [0.1, 0.15) is 35.7 Å². The maximum Gasteiger partial charge on any atom is 0.430 e. The van der Waals surface area contributed by atoms with Gasteiger partial charge in [0.25, 0.3) is 17.4 Å². The number of nitrogens with one attached hydrogen (secondary N) is 1. The van der Waals surface area contributed by atoms with Gasteiger partial charge in [-0.05, 0) is 43.2 Å². The summed E-state index contributed by atoms with van der Waals surface area (Å²) < 4.78 is 42.1. The number of aliphatic hydroxyl groups is 1. The summed E-state index contributed by atoms with van der Waals surface area (Å²) in [6.07, 6.45) is -4.27. The molecule has 3 amide bonds. The van der Waals surface area contributed by atoms with Gasteiger partial charge in [0, 0.05) is 81.6 Å². The molecule has 0 aliphatic carbocycles. The number of benzene rings is 2. The van der Waals surface area contributed by atoms with Crippen LogP contribution in [0.4, 0.5) is 18.9 Å². The lowest BCUT2D eigenvalue weighted by Gasteiger charge is -2.48. The second kappa shape index (κ2) is 12.7. The van der Waals surface area contributed by atoms with Crippen LogP contribution in [-0.4, -0.2) is 113 Å². The molecular weight excluding hydrogens is 622 g/mol. The van der Waals surface area contributed by atoms with Crippen LogP contribution in [0.15, 0.2) is 42.5 Å². The molecule has 3 aliphatic heterocycles. The zero-order chi connectivity index (χ0) is 31.8. The Kier molecular flexibility index (Phi) is 9.36. The van der Waals surface area contributed by atoms with E-state index in [0.717, 1.165) is 22.7 Å². The third-order valence-electron chi connectivity index (χ3n) is 8.72. The number of halogens is 5. The Labute approximate surface area is 263 Å². The highest BCUT2D eigenvalue weighted by Gasteiger charge is 2.62. The molecule has 1 atom stereocenters. The number of hydrogen-bond acceptors (Lipinski definition) is 6. The average molecular weight is 657 g/mol. The molecule has 2 aromatic rings. The fraction of sp³-hybridized carbons (Fsp3) is 0.500. The van der Waals surface area contributed by atoms with Gasteiger partial charge in [-0.3, -0.25) is 19.3 Å². The molecule has 0 saturated carbocycles. The zero-order valence-electron chi connectivity index (χ0n) is 24.1. The third kappa shape index (κ3) is 6.49. The van der Waals surface area contributed by atoms with E-state index < -0.39 is 23.2 Å². The number of anilines is 1. The smallest absolute Gasteiger partial charge is 0.380 e. The summed E-state index contributed by atoms with van der Waals surface area (Å²) in [7, 11) is 0. The number of piperazine rings is 1. The first-order chi connectivity index (χ1) is 20.8. The van der Waals surface area contributed by atoms with Crippen LogP contribution in [-0.2, 0) is 15.2 Å². The van der Waals surface area contributed by atoms with E-state index in [4.69, 9.17) is 23.2 Å². The van der Waals surface area contributed by atoms with Crippen LogP contribution in [0, 0.1) is 0 Å². The van der Waals surface area contributed by atoms with Gasteiger partial charge in [0.15, 0.2) is 0 Å². The highest BCUT2D eigenvalue weighted by molar-refractivity contribution is 6.34. The Hall–Kier alpha value is -3.06. The van der Waals surface area contributed by atoms with E-state index in [1.807, 2.05) is 0 Å². The van der Waals surface area contributed by atoms with E-state index in [2.05, 4.69) is 10.2 Å².